The van der Waals surface area contributed by atoms with Gasteiger partial charge in [-0.05, 0) is 18.8 Å². The summed E-state index contributed by atoms with van der Waals surface area (Å²) in [6.45, 7) is 6.34. The van der Waals surface area contributed by atoms with Crippen molar-refractivity contribution in [1.82, 2.24) is 10.2 Å². The monoisotopic (exact) mass is 246 g/mol. The minimum absolute atomic E-state index is 0.00000283. The van der Waals surface area contributed by atoms with E-state index in [1.54, 1.807) is 0 Å². The summed E-state index contributed by atoms with van der Waals surface area (Å²) in [5, 5.41) is 2.83. The van der Waals surface area contributed by atoms with Gasteiger partial charge in [0.1, 0.15) is 0 Å². The SMILES string of the molecule is CCS(=O)CCNC(=O)N1CCC(C)CC1. The van der Waals surface area contributed by atoms with Gasteiger partial charge in [0.2, 0.25) is 0 Å². The molecule has 4 nitrogen and oxygen atoms in total. The topological polar surface area (TPSA) is 49.4 Å². The maximum absolute atomic E-state index is 11.7. The fourth-order valence-corrected chi connectivity index (χ4v) is 2.36. The van der Waals surface area contributed by atoms with Crippen LogP contribution in [0.2, 0.25) is 0 Å². The molecular formula is C11H22N2O2S. The number of piperidine rings is 1. The summed E-state index contributed by atoms with van der Waals surface area (Å²) in [7, 11) is -0.787. The van der Waals surface area contributed by atoms with Crippen LogP contribution < -0.4 is 5.32 Å². The smallest absolute Gasteiger partial charge is 0.317 e. The average molecular weight is 246 g/mol. The highest BCUT2D eigenvalue weighted by Crippen LogP contribution is 2.15. The van der Waals surface area contributed by atoms with Crippen LogP contribution in [0.4, 0.5) is 4.79 Å². The lowest BCUT2D eigenvalue weighted by atomic mass is 10.00. The Morgan fingerprint density at radius 2 is 2.06 bits per heavy atom. The number of nitrogens with one attached hydrogen (secondary N) is 1. The first-order valence-corrected chi connectivity index (χ1v) is 7.50. The van der Waals surface area contributed by atoms with Crippen molar-refractivity contribution in [3.05, 3.63) is 0 Å². The highest BCUT2D eigenvalue weighted by Gasteiger charge is 2.19. The third kappa shape index (κ3) is 4.51. The Balaban J connectivity index is 2.17. The molecule has 1 rings (SSSR count). The van der Waals surface area contributed by atoms with Gasteiger partial charge in [-0.15, -0.1) is 0 Å². The Morgan fingerprint density at radius 1 is 1.44 bits per heavy atom. The lowest BCUT2D eigenvalue weighted by Crippen LogP contribution is -2.45. The number of hydrogen-bond donors (Lipinski definition) is 1. The zero-order valence-corrected chi connectivity index (χ0v) is 11.0. The number of amides is 2. The Hall–Kier alpha value is -0.580. The van der Waals surface area contributed by atoms with E-state index in [1.807, 2.05) is 11.8 Å². The molecule has 0 aromatic rings. The van der Waals surface area contributed by atoms with Crippen LogP contribution in [0.3, 0.4) is 0 Å². The van der Waals surface area contributed by atoms with Crippen LogP contribution in [0.5, 0.6) is 0 Å². The first-order valence-electron chi connectivity index (χ1n) is 6.01. The predicted molar refractivity (Wildman–Crippen MR) is 66.9 cm³/mol. The number of hydrogen-bond acceptors (Lipinski definition) is 2. The Labute approximate surface area is 100 Å². The van der Waals surface area contributed by atoms with E-state index in [0.717, 1.165) is 31.8 Å². The van der Waals surface area contributed by atoms with E-state index < -0.39 is 10.8 Å². The predicted octanol–water partition coefficient (Wildman–Crippen LogP) is 1.20. The maximum atomic E-state index is 11.7. The molecular weight excluding hydrogens is 224 g/mol. The molecule has 1 saturated heterocycles. The van der Waals surface area contributed by atoms with Crippen LogP contribution in [0, 0.1) is 5.92 Å². The number of urea groups is 1. The van der Waals surface area contributed by atoms with Gasteiger partial charge in [-0.25, -0.2) is 4.79 Å². The van der Waals surface area contributed by atoms with Gasteiger partial charge in [0.05, 0.1) is 0 Å². The zero-order valence-electron chi connectivity index (χ0n) is 10.2. The van der Waals surface area contributed by atoms with Gasteiger partial charge in [-0.2, -0.15) is 0 Å². The molecule has 0 bridgehead atoms. The van der Waals surface area contributed by atoms with Crippen molar-refractivity contribution in [2.75, 3.05) is 31.1 Å². The Morgan fingerprint density at radius 3 is 2.62 bits per heavy atom. The van der Waals surface area contributed by atoms with Crippen molar-refractivity contribution >= 4 is 16.8 Å². The standard InChI is InChI=1S/C11H22N2O2S/c1-3-16(15)9-6-12-11(14)13-7-4-10(2)5-8-13/h10H,3-9H2,1-2H3,(H,12,14). The molecule has 1 fully saturated rings. The van der Waals surface area contributed by atoms with Crippen molar-refractivity contribution in [2.24, 2.45) is 5.92 Å². The molecule has 1 heterocycles. The number of carbonyl (C=O) groups excluding carboxylic acids is 1. The molecule has 1 atom stereocenters. The molecule has 16 heavy (non-hydrogen) atoms. The fraction of sp³-hybridized carbons (Fsp3) is 0.909. The van der Waals surface area contributed by atoms with E-state index in [0.29, 0.717) is 18.1 Å². The van der Waals surface area contributed by atoms with E-state index >= 15 is 0 Å². The van der Waals surface area contributed by atoms with E-state index in [4.69, 9.17) is 0 Å². The molecule has 5 heteroatoms. The molecule has 0 radical (unpaired) electrons. The van der Waals surface area contributed by atoms with Crippen molar-refractivity contribution < 1.29 is 9.00 Å². The van der Waals surface area contributed by atoms with Gasteiger partial charge in [-0.1, -0.05) is 13.8 Å². The largest absolute Gasteiger partial charge is 0.337 e. The summed E-state index contributed by atoms with van der Waals surface area (Å²) >= 11 is 0. The van der Waals surface area contributed by atoms with Crippen LogP contribution >= 0.6 is 0 Å². The lowest BCUT2D eigenvalue weighted by molar-refractivity contribution is 0.174. The summed E-state index contributed by atoms with van der Waals surface area (Å²) < 4.78 is 11.2. The molecule has 0 saturated carbocycles. The van der Waals surface area contributed by atoms with Crippen LogP contribution in [0.15, 0.2) is 0 Å². The molecule has 0 spiro atoms. The van der Waals surface area contributed by atoms with Gasteiger partial charge < -0.3 is 10.2 Å². The van der Waals surface area contributed by atoms with Crippen molar-refractivity contribution in [3.8, 4) is 0 Å². The minimum Gasteiger partial charge on any atom is -0.337 e. The van der Waals surface area contributed by atoms with Crippen molar-refractivity contribution in [1.29, 1.82) is 0 Å². The van der Waals surface area contributed by atoms with Crippen LogP contribution in [-0.4, -0.2) is 46.3 Å². The molecule has 2 amide bonds. The van der Waals surface area contributed by atoms with Crippen molar-refractivity contribution in [2.45, 2.75) is 26.7 Å². The molecule has 0 aliphatic carbocycles. The van der Waals surface area contributed by atoms with Gasteiger partial charge in [0.15, 0.2) is 0 Å². The molecule has 1 unspecified atom stereocenters. The third-order valence-corrected chi connectivity index (χ3v) is 4.30. The van der Waals surface area contributed by atoms with Crippen LogP contribution in [0.25, 0.3) is 0 Å². The molecule has 1 N–H and O–H groups in total. The molecule has 94 valence electrons. The second kappa shape index (κ2) is 6.89. The zero-order chi connectivity index (χ0) is 12.0. The highest BCUT2D eigenvalue weighted by molar-refractivity contribution is 7.84. The van der Waals surface area contributed by atoms with Gasteiger partial charge >= 0.3 is 6.03 Å². The second-order valence-electron chi connectivity index (χ2n) is 4.33. The normalized spacial score (nSPS) is 19.5. The molecule has 0 aromatic carbocycles. The number of carbonyl (C=O) groups is 1. The summed E-state index contributed by atoms with van der Waals surface area (Å²) in [5.74, 6) is 1.96. The number of nitrogens with zero attached hydrogens (tertiary/aromatic N) is 1. The van der Waals surface area contributed by atoms with E-state index in [-0.39, 0.29) is 6.03 Å². The van der Waals surface area contributed by atoms with Crippen LogP contribution in [0.1, 0.15) is 26.7 Å². The number of likely N-dealkylation sites (tertiary alicyclic amines) is 1. The van der Waals surface area contributed by atoms with Crippen molar-refractivity contribution in [3.63, 3.8) is 0 Å². The summed E-state index contributed by atoms with van der Waals surface area (Å²) in [6.07, 6.45) is 2.18. The van der Waals surface area contributed by atoms with E-state index in [2.05, 4.69) is 12.2 Å². The van der Waals surface area contributed by atoms with Gasteiger partial charge in [0.25, 0.3) is 0 Å². The molecule has 1 aliphatic heterocycles. The minimum atomic E-state index is -0.787. The first kappa shape index (κ1) is 13.5. The lowest BCUT2D eigenvalue weighted by Gasteiger charge is -2.30. The first-order chi connectivity index (χ1) is 7.63. The Bertz CT molecular complexity index is 250. The Kier molecular flexibility index (Phi) is 5.80. The molecule has 1 aliphatic rings. The van der Waals surface area contributed by atoms with Gasteiger partial charge in [0, 0.05) is 41.9 Å². The quantitative estimate of drug-likeness (QED) is 0.810. The maximum Gasteiger partial charge on any atom is 0.317 e. The summed E-state index contributed by atoms with van der Waals surface area (Å²) in [6, 6.07) is 0.00000283. The number of rotatable bonds is 4. The second-order valence-corrected chi connectivity index (χ2v) is 6.20. The summed E-state index contributed by atoms with van der Waals surface area (Å²) in [5.41, 5.74) is 0. The summed E-state index contributed by atoms with van der Waals surface area (Å²) in [4.78, 5) is 13.5. The average Bonchev–Trinajstić information content (AvgIpc) is 2.29. The third-order valence-electron chi connectivity index (χ3n) is 3.00. The van der Waals surface area contributed by atoms with E-state index in [9.17, 15) is 9.00 Å². The van der Waals surface area contributed by atoms with Crippen LogP contribution in [-0.2, 0) is 10.8 Å². The highest BCUT2D eigenvalue weighted by atomic mass is 32.2. The fourth-order valence-electron chi connectivity index (χ4n) is 1.74. The molecule has 0 aromatic heterocycles. The van der Waals surface area contributed by atoms with Gasteiger partial charge in [-0.3, -0.25) is 4.21 Å². The van der Waals surface area contributed by atoms with E-state index in [1.165, 1.54) is 0 Å².